The Balaban J connectivity index is 0.00000225. The molecule has 92 valence electrons. The molecule has 0 saturated heterocycles. The Morgan fingerprint density at radius 1 is 1.50 bits per heavy atom. The van der Waals surface area contributed by atoms with Gasteiger partial charge in [-0.2, -0.15) is 0 Å². The molecule has 0 aliphatic rings. The zero-order valence-corrected chi connectivity index (χ0v) is 11.6. The number of aliphatic hydroxyl groups excluding tert-OH is 1. The molecule has 0 aromatic heterocycles. The molecule has 0 radical (unpaired) electrons. The minimum Gasteiger partial charge on any atom is -0.396 e. The van der Waals surface area contributed by atoms with E-state index < -0.39 is 5.41 Å². The highest BCUT2D eigenvalue weighted by molar-refractivity contribution is 9.10. The molecule has 0 amide bonds. The van der Waals surface area contributed by atoms with E-state index in [9.17, 15) is 9.50 Å². The van der Waals surface area contributed by atoms with Gasteiger partial charge in [0.25, 0.3) is 0 Å². The Morgan fingerprint density at radius 3 is 2.50 bits per heavy atom. The summed E-state index contributed by atoms with van der Waals surface area (Å²) in [6.45, 7) is 3.72. The molecule has 0 saturated carbocycles. The molecular formula is C11H16BrClFNO. The van der Waals surface area contributed by atoms with Crippen LogP contribution in [-0.4, -0.2) is 11.7 Å². The van der Waals surface area contributed by atoms with Gasteiger partial charge in [-0.15, -0.1) is 12.4 Å². The maximum Gasteiger partial charge on any atom is 0.124 e. The first kappa shape index (κ1) is 15.8. The van der Waals surface area contributed by atoms with E-state index in [2.05, 4.69) is 15.9 Å². The van der Waals surface area contributed by atoms with Crippen LogP contribution in [0.5, 0.6) is 0 Å². The molecule has 0 bridgehead atoms. The van der Waals surface area contributed by atoms with Crippen LogP contribution in [0.2, 0.25) is 0 Å². The van der Waals surface area contributed by atoms with Gasteiger partial charge in [0.05, 0.1) is 0 Å². The van der Waals surface area contributed by atoms with Crippen LogP contribution in [0.3, 0.4) is 0 Å². The summed E-state index contributed by atoms with van der Waals surface area (Å²) in [5, 5.41) is 9.20. The summed E-state index contributed by atoms with van der Waals surface area (Å²) in [5.41, 5.74) is 6.39. The zero-order valence-electron chi connectivity index (χ0n) is 9.21. The van der Waals surface area contributed by atoms with Crippen molar-refractivity contribution in [1.29, 1.82) is 0 Å². The predicted octanol–water partition coefficient (Wildman–Crippen LogP) is 3.03. The predicted molar refractivity (Wildman–Crippen MR) is 69.1 cm³/mol. The summed E-state index contributed by atoms with van der Waals surface area (Å²) in [5.74, 6) is -0.306. The summed E-state index contributed by atoms with van der Waals surface area (Å²) in [4.78, 5) is 0. The molecule has 1 atom stereocenters. The SMILES string of the molecule is CC(C)(CO)[C@@H](N)c1ccc(F)cc1Br.Cl. The van der Waals surface area contributed by atoms with Gasteiger partial charge in [0.1, 0.15) is 5.82 Å². The largest absolute Gasteiger partial charge is 0.396 e. The molecule has 3 N–H and O–H groups in total. The average Bonchev–Trinajstić information content (AvgIpc) is 2.17. The number of rotatable bonds is 3. The van der Waals surface area contributed by atoms with Crippen molar-refractivity contribution in [2.24, 2.45) is 11.1 Å². The summed E-state index contributed by atoms with van der Waals surface area (Å²) in [6, 6.07) is 4.05. The molecular weight excluding hydrogens is 296 g/mol. The van der Waals surface area contributed by atoms with E-state index >= 15 is 0 Å². The molecule has 1 aromatic rings. The third-order valence-corrected chi connectivity index (χ3v) is 3.23. The highest BCUT2D eigenvalue weighted by atomic mass is 79.9. The maximum atomic E-state index is 12.9. The lowest BCUT2D eigenvalue weighted by molar-refractivity contribution is 0.132. The Bertz CT molecular complexity index is 360. The van der Waals surface area contributed by atoms with Crippen LogP contribution in [0.1, 0.15) is 25.5 Å². The van der Waals surface area contributed by atoms with Gasteiger partial charge in [-0.1, -0.05) is 35.8 Å². The fourth-order valence-corrected chi connectivity index (χ4v) is 1.87. The number of aliphatic hydroxyl groups is 1. The van der Waals surface area contributed by atoms with Crippen LogP contribution in [-0.2, 0) is 0 Å². The third-order valence-electron chi connectivity index (χ3n) is 2.55. The molecule has 0 unspecified atom stereocenters. The molecule has 0 aliphatic heterocycles. The molecule has 1 rings (SSSR count). The van der Waals surface area contributed by atoms with Crippen LogP contribution in [0.25, 0.3) is 0 Å². The lowest BCUT2D eigenvalue weighted by Gasteiger charge is -2.30. The molecule has 1 aromatic carbocycles. The van der Waals surface area contributed by atoms with Crippen molar-refractivity contribution in [3.05, 3.63) is 34.1 Å². The first-order chi connectivity index (χ1) is 6.88. The van der Waals surface area contributed by atoms with E-state index in [0.717, 1.165) is 5.56 Å². The first-order valence-corrected chi connectivity index (χ1v) is 5.49. The second-order valence-corrected chi connectivity index (χ2v) is 5.14. The van der Waals surface area contributed by atoms with Crippen LogP contribution in [0.15, 0.2) is 22.7 Å². The second-order valence-electron chi connectivity index (χ2n) is 4.29. The van der Waals surface area contributed by atoms with Gasteiger partial charge in [-0.25, -0.2) is 4.39 Å². The molecule has 0 spiro atoms. The Labute approximate surface area is 110 Å². The second kappa shape index (κ2) is 5.96. The first-order valence-electron chi connectivity index (χ1n) is 4.70. The van der Waals surface area contributed by atoms with Crippen molar-refractivity contribution in [2.75, 3.05) is 6.61 Å². The maximum absolute atomic E-state index is 12.9. The standard InChI is InChI=1S/C11H15BrFNO.ClH/c1-11(2,6-15)10(14)8-4-3-7(13)5-9(8)12;/h3-5,10,15H,6,14H2,1-2H3;1H/t10-;/m0./s1. The molecule has 5 heteroatoms. The van der Waals surface area contributed by atoms with Crippen LogP contribution >= 0.6 is 28.3 Å². The van der Waals surface area contributed by atoms with Gasteiger partial charge in [-0.05, 0) is 17.7 Å². The topological polar surface area (TPSA) is 46.2 Å². The van der Waals surface area contributed by atoms with E-state index in [1.54, 1.807) is 6.07 Å². The lowest BCUT2D eigenvalue weighted by atomic mass is 9.82. The molecule has 0 heterocycles. The third kappa shape index (κ3) is 3.42. The van der Waals surface area contributed by atoms with Crippen molar-refractivity contribution in [2.45, 2.75) is 19.9 Å². The normalized spacial score (nSPS) is 13.1. The Hall–Kier alpha value is -0.160. The Kier molecular flexibility index (Phi) is 5.90. The summed E-state index contributed by atoms with van der Waals surface area (Å²) in [6.07, 6.45) is 0. The van der Waals surface area contributed by atoms with Crippen LogP contribution in [0.4, 0.5) is 4.39 Å². The fourth-order valence-electron chi connectivity index (χ4n) is 1.27. The highest BCUT2D eigenvalue weighted by Gasteiger charge is 2.28. The smallest absolute Gasteiger partial charge is 0.124 e. The molecule has 16 heavy (non-hydrogen) atoms. The van der Waals surface area contributed by atoms with Crippen molar-refractivity contribution < 1.29 is 9.50 Å². The van der Waals surface area contributed by atoms with Crippen LogP contribution in [0, 0.1) is 11.2 Å². The van der Waals surface area contributed by atoms with Crippen molar-refractivity contribution in [3.8, 4) is 0 Å². The van der Waals surface area contributed by atoms with Gasteiger partial charge in [-0.3, -0.25) is 0 Å². The minimum absolute atomic E-state index is 0. The monoisotopic (exact) mass is 311 g/mol. The van der Waals surface area contributed by atoms with Crippen molar-refractivity contribution in [1.82, 2.24) is 0 Å². The molecule has 2 nitrogen and oxygen atoms in total. The van der Waals surface area contributed by atoms with Gasteiger partial charge >= 0.3 is 0 Å². The zero-order chi connectivity index (χ0) is 11.6. The minimum atomic E-state index is -0.430. The van der Waals surface area contributed by atoms with Gasteiger partial charge in [0.2, 0.25) is 0 Å². The summed E-state index contributed by atoms with van der Waals surface area (Å²) >= 11 is 3.27. The Morgan fingerprint density at radius 2 is 2.06 bits per heavy atom. The quantitative estimate of drug-likeness (QED) is 0.901. The number of halogens is 3. The average molecular weight is 313 g/mol. The van der Waals surface area contributed by atoms with E-state index in [4.69, 9.17) is 5.73 Å². The van der Waals surface area contributed by atoms with Gasteiger partial charge < -0.3 is 10.8 Å². The van der Waals surface area contributed by atoms with Gasteiger partial charge in [0.15, 0.2) is 0 Å². The number of hydrogen-bond donors (Lipinski definition) is 2. The van der Waals surface area contributed by atoms with E-state index in [-0.39, 0.29) is 30.9 Å². The van der Waals surface area contributed by atoms with E-state index in [1.807, 2.05) is 13.8 Å². The number of nitrogens with two attached hydrogens (primary N) is 1. The van der Waals surface area contributed by atoms with Crippen molar-refractivity contribution >= 4 is 28.3 Å². The number of benzene rings is 1. The van der Waals surface area contributed by atoms with Crippen molar-refractivity contribution in [3.63, 3.8) is 0 Å². The molecule has 0 aliphatic carbocycles. The summed E-state index contributed by atoms with van der Waals surface area (Å²) in [7, 11) is 0. The van der Waals surface area contributed by atoms with E-state index in [0.29, 0.717) is 4.47 Å². The summed E-state index contributed by atoms with van der Waals surface area (Å²) < 4.78 is 13.5. The lowest BCUT2D eigenvalue weighted by Crippen LogP contribution is -2.32. The van der Waals surface area contributed by atoms with Crippen LogP contribution < -0.4 is 5.73 Å². The van der Waals surface area contributed by atoms with E-state index in [1.165, 1.54) is 12.1 Å². The number of hydrogen-bond acceptors (Lipinski definition) is 2. The van der Waals surface area contributed by atoms with Gasteiger partial charge in [0, 0.05) is 22.5 Å². The fraction of sp³-hybridized carbons (Fsp3) is 0.455. The molecule has 0 fully saturated rings. The highest BCUT2D eigenvalue weighted by Crippen LogP contribution is 2.34.